The molecule has 0 spiro atoms. The van der Waals surface area contributed by atoms with Gasteiger partial charge in [0.25, 0.3) is 0 Å². The molecule has 0 bridgehead atoms. The lowest BCUT2D eigenvalue weighted by atomic mass is 10.2. The summed E-state index contributed by atoms with van der Waals surface area (Å²) in [4.78, 5) is 25.9. The van der Waals surface area contributed by atoms with Crippen LogP contribution in [0.15, 0.2) is 18.2 Å². The van der Waals surface area contributed by atoms with E-state index in [0.29, 0.717) is 0 Å². The summed E-state index contributed by atoms with van der Waals surface area (Å²) in [7, 11) is 0. The smallest absolute Gasteiger partial charge is 0.332 e. The number of nitrogens with one attached hydrogen (secondary N) is 2. The van der Waals surface area contributed by atoms with Crippen LogP contribution in [0.2, 0.25) is 0 Å². The molecule has 1 aromatic heterocycles. The monoisotopic (exact) mass is 267 g/mol. The number of rotatable bonds is 6. The van der Waals surface area contributed by atoms with Crippen LogP contribution in [0.25, 0.3) is 0 Å². The number of pyridine rings is 1. The van der Waals surface area contributed by atoms with Gasteiger partial charge < -0.3 is 20.8 Å². The van der Waals surface area contributed by atoms with E-state index in [1.165, 1.54) is 0 Å². The van der Waals surface area contributed by atoms with Crippen molar-refractivity contribution in [2.24, 2.45) is 0 Å². The van der Waals surface area contributed by atoms with E-state index < -0.39 is 18.1 Å². The van der Waals surface area contributed by atoms with Crippen molar-refractivity contribution >= 4 is 12.0 Å². The van der Waals surface area contributed by atoms with Gasteiger partial charge in [-0.05, 0) is 19.1 Å². The summed E-state index contributed by atoms with van der Waals surface area (Å²) in [5.41, 5.74) is 1.60. The van der Waals surface area contributed by atoms with Crippen molar-refractivity contribution < 1.29 is 19.8 Å². The summed E-state index contributed by atoms with van der Waals surface area (Å²) in [5, 5.41) is 22.5. The molecule has 1 heterocycles. The van der Waals surface area contributed by atoms with Gasteiger partial charge in [0.05, 0.1) is 12.2 Å². The van der Waals surface area contributed by atoms with E-state index in [9.17, 15) is 9.59 Å². The largest absolute Gasteiger partial charge is 0.479 e. The zero-order chi connectivity index (χ0) is 14.3. The van der Waals surface area contributed by atoms with Gasteiger partial charge in [-0.2, -0.15) is 0 Å². The minimum atomic E-state index is -1.46. The molecule has 0 saturated heterocycles. The van der Waals surface area contributed by atoms with Gasteiger partial charge in [-0.3, -0.25) is 4.98 Å². The number of aromatic nitrogens is 1. The number of aliphatic hydroxyl groups excluding tert-OH is 1. The lowest BCUT2D eigenvalue weighted by Gasteiger charge is -2.09. The number of carbonyl (C=O) groups is 2. The Bertz CT molecular complexity index is 450. The number of carboxylic acids is 1. The number of aliphatic carboxylic acids is 1. The normalized spacial score (nSPS) is 11.7. The maximum Gasteiger partial charge on any atom is 0.332 e. The zero-order valence-electron chi connectivity index (χ0n) is 10.6. The average Bonchev–Trinajstić information content (AvgIpc) is 2.36. The molecule has 4 N–H and O–H groups in total. The summed E-state index contributed by atoms with van der Waals surface area (Å²) >= 11 is 0. The van der Waals surface area contributed by atoms with E-state index in [-0.39, 0.29) is 19.5 Å². The van der Waals surface area contributed by atoms with Crippen molar-refractivity contribution in [1.29, 1.82) is 0 Å². The predicted molar refractivity (Wildman–Crippen MR) is 67.5 cm³/mol. The fourth-order valence-electron chi connectivity index (χ4n) is 1.38. The summed E-state index contributed by atoms with van der Waals surface area (Å²) in [6.45, 7) is 2.23. The molecular formula is C12H17N3O4. The molecule has 7 heteroatoms. The van der Waals surface area contributed by atoms with E-state index >= 15 is 0 Å². The highest BCUT2D eigenvalue weighted by molar-refractivity contribution is 5.74. The first kappa shape index (κ1) is 14.9. The van der Waals surface area contributed by atoms with Gasteiger partial charge in [-0.1, -0.05) is 6.07 Å². The van der Waals surface area contributed by atoms with Crippen molar-refractivity contribution in [3.8, 4) is 0 Å². The molecule has 1 aromatic rings. The Kier molecular flexibility index (Phi) is 5.74. The van der Waals surface area contributed by atoms with E-state index in [1.807, 2.05) is 19.1 Å². The van der Waals surface area contributed by atoms with Crippen molar-refractivity contribution in [2.75, 3.05) is 6.54 Å². The standard InChI is InChI=1S/C12H17N3O4/c1-8-3-2-4-9(15-8)7-14-12(19)13-6-5-10(16)11(17)18/h2-4,10,16H,5-7H2,1H3,(H,17,18)(H2,13,14,19). The fraction of sp³-hybridized carbons (Fsp3) is 0.417. The maximum absolute atomic E-state index is 11.4. The molecule has 0 aliphatic heterocycles. The van der Waals surface area contributed by atoms with Crippen LogP contribution in [0, 0.1) is 6.92 Å². The fourth-order valence-corrected chi connectivity index (χ4v) is 1.38. The lowest BCUT2D eigenvalue weighted by molar-refractivity contribution is -0.146. The molecule has 7 nitrogen and oxygen atoms in total. The third kappa shape index (κ3) is 5.82. The molecule has 1 unspecified atom stereocenters. The van der Waals surface area contributed by atoms with E-state index in [2.05, 4.69) is 15.6 Å². The second-order valence-corrected chi connectivity index (χ2v) is 4.02. The average molecular weight is 267 g/mol. The van der Waals surface area contributed by atoms with Gasteiger partial charge in [-0.15, -0.1) is 0 Å². The van der Waals surface area contributed by atoms with Gasteiger partial charge in [-0.25, -0.2) is 9.59 Å². The highest BCUT2D eigenvalue weighted by atomic mass is 16.4. The van der Waals surface area contributed by atoms with E-state index in [4.69, 9.17) is 10.2 Å². The number of aliphatic hydroxyl groups is 1. The van der Waals surface area contributed by atoms with E-state index in [0.717, 1.165) is 11.4 Å². The Morgan fingerprint density at radius 3 is 2.74 bits per heavy atom. The van der Waals surface area contributed by atoms with Crippen LogP contribution in [-0.4, -0.2) is 39.8 Å². The molecule has 2 amide bonds. The van der Waals surface area contributed by atoms with Gasteiger partial charge in [0, 0.05) is 18.7 Å². The second kappa shape index (κ2) is 7.32. The Hall–Kier alpha value is -2.15. The van der Waals surface area contributed by atoms with Gasteiger partial charge in [0.15, 0.2) is 6.10 Å². The number of carbonyl (C=O) groups excluding carboxylic acids is 1. The molecule has 1 atom stereocenters. The van der Waals surface area contributed by atoms with E-state index in [1.54, 1.807) is 6.07 Å². The van der Waals surface area contributed by atoms with Crippen LogP contribution in [0.5, 0.6) is 0 Å². The Balaban J connectivity index is 2.23. The third-order valence-electron chi connectivity index (χ3n) is 2.36. The van der Waals surface area contributed by atoms with Gasteiger partial charge >= 0.3 is 12.0 Å². The second-order valence-electron chi connectivity index (χ2n) is 4.02. The number of carboxylic acid groups (broad SMARTS) is 1. The van der Waals surface area contributed by atoms with Crippen LogP contribution >= 0.6 is 0 Å². The molecule has 0 aromatic carbocycles. The first-order chi connectivity index (χ1) is 8.99. The van der Waals surface area contributed by atoms with Crippen molar-refractivity contribution in [2.45, 2.75) is 26.0 Å². The first-order valence-corrected chi connectivity index (χ1v) is 5.84. The highest BCUT2D eigenvalue weighted by Gasteiger charge is 2.12. The van der Waals surface area contributed by atoms with Gasteiger partial charge in [0.1, 0.15) is 0 Å². The third-order valence-corrected chi connectivity index (χ3v) is 2.36. The number of nitrogens with zero attached hydrogens (tertiary/aromatic N) is 1. The predicted octanol–water partition coefficient (Wildman–Crippen LogP) is 0.0248. The minimum Gasteiger partial charge on any atom is -0.479 e. The summed E-state index contributed by atoms with van der Waals surface area (Å²) in [5.74, 6) is -1.30. The number of hydrogen-bond donors (Lipinski definition) is 4. The Morgan fingerprint density at radius 1 is 1.37 bits per heavy atom. The summed E-state index contributed by atoms with van der Waals surface area (Å²) in [6.07, 6.45) is -1.50. The molecule has 0 saturated carbocycles. The van der Waals surface area contributed by atoms with Crippen LogP contribution in [0.3, 0.4) is 0 Å². The quantitative estimate of drug-likeness (QED) is 0.581. The van der Waals surface area contributed by atoms with Crippen LogP contribution in [0.1, 0.15) is 17.8 Å². The lowest BCUT2D eigenvalue weighted by Crippen LogP contribution is -2.37. The Labute approximate surface area is 110 Å². The summed E-state index contributed by atoms with van der Waals surface area (Å²) < 4.78 is 0. The molecule has 0 aliphatic carbocycles. The summed E-state index contributed by atoms with van der Waals surface area (Å²) in [6, 6.07) is 5.07. The van der Waals surface area contributed by atoms with Crippen molar-refractivity contribution in [1.82, 2.24) is 15.6 Å². The first-order valence-electron chi connectivity index (χ1n) is 5.84. The number of urea groups is 1. The van der Waals surface area contributed by atoms with Crippen molar-refractivity contribution in [3.63, 3.8) is 0 Å². The Morgan fingerprint density at radius 2 is 2.11 bits per heavy atom. The number of hydrogen-bond acceptors (Lipinski definition) is 4. The SMILES string of the molecule is Cc1cccc(CNC(=O)NCCC(O)C(=O)O)n1. The number of aryl methyl sites for hydroxylation is 1. The van der Waals surface area contributed by atoms with Crippen LogP contribution in [0.4, 0.5) is 4.79 Å². The minimum absolute atomic E-state index is 0.0363. The topological polar surface area (TPSA) is 112 Å². The molecule has 0 aliphatic rings. The van der Waals surface area contributed by atoms with Gasteiger partial charge in [0.2, 0.25) is 0 Å². The zero-order valence-corrected chi connectivity index (χ0v) is 10.6. The molecule has 104 valence electrons. The highest BCUT2D eigenvalue weighted by Crippen LogP contribution is 1.97. The number of amides is 2. The van der Waals surface area contributed by atoms with Crippen LogP contribution in [-0.2, 0) is 11.3 Å². The molecule has 19 heavy (non-hydrogen) atoms. The van der Waals surface area contributed by atoms with Crippen LogP contribution < -0.4 is 10.6 Å². The molecular weight excluding hydrogens is 250 g/mol. The van der Waals surface area contributed by atoms with Crippen molar-refractivity contribution in [3.05, 3.63) is 29.6 Å². The maximum atomic E-state index is 11.4. The molecule has 0 fully saturated rings. The molecule has 0 radical (unpaired) electrons. The molecule has 1 rings (SSSR count).